The smallest absolute Gasteiger partial charge is 0.415 e. The normalized spacial score (nSPS) is 10.8. The van der Waals surface area contributed by atoms with Crippen LogP contribution in [0.2, 0.25) is 5.02 Å². The van der Waals surface area contributed by atoms with Gasteiger partial charge in [0, 0.05) is 19.5 Å². The minimum atomic E-state index is -0.386. The van der Waals surface area contributed by atoms with Crippen molar-refractivity contribution in [2.75, 3.05) is 13.2 Å². The first-order valence-electron chi connectivity index (χ1n) is 11.9. The van der Waals surface area contributed by atoms with Crippen LogP contribution in [-0.4, -0.2) is 29.1 Å². The summed E-state index contributed by atoms with van der Waals surface area (Å²) in [6, 6.07) is 22.6. The highest BCUT2D eigenvalue weighted by molar-refractivity contribution is 6.33. The molecule has 0 spiro atoms. The van der Waals surface area contributed by atoms with Crippen LogP contribution in [0.4, 0.5) is 4.79 Å². The van der Waals surface area contributed by atoms with E-state index in [9.17, 15) is 4.79 Å². The zero-order chi connectivity index (χ0) is 25.5. The van der Waals surface area contributed by atoms with Gasteiger partial charge in [-0.15, -0.1) is 0 Å². The molecule has 0 aliphatic heterocycles. The molecule has 0 radical (unpaired) electrons. The van der Waals surface area contributed by atoms with Gasteiger partial charge in [-0.25, -0.2) is 9.78 Å². The van der Waals surface area contributed by atoms with Gasteiger partial charge in [0.25, 0.3) is 0 Å². The maximum absolute atomic E-state index is 12.7. The molecule has 0 fully saturated rings. The number of amides is 1. The van der Waals surface area contributed by atoms with E-state index in [1.807, 2.05) is 81.4 Å². The van der Waals surface area contributed by atoms with Gasteiger partial charge in [-0.05, 0) is 62.7 Å². The van der Waals surface area contributed by atoms with Gasteiger partial charge in [0.2, 0.25) is 5.89 Å². The zero-order valence-corrected chi connectivity index (χ0v) is 21.4. The Morgan fingerprint density at radius 2 is 1.78 bits per heavy atom. The highest BCUT2D eigenvalue weighted by Crippen LogP contribution is 2.28. The molecule has 7 heteroatoms. The number of oxazole rings is 1. The monoisotopic (exact) mass is 504 g/mol. The third-order valence-corrected chi connectivity index (χ3v) is 6.07. The molecule has 1 heterocycles. The molecule has 0 aliphatic carbocycles. The van der Waals surface area contributed by atoms with E-state index >= 15 is 0 Å². The summed E-state index contributed by atoms with van der Waals surface area (Å²) in [7, 11) is 0. The zero-order valence-electron chi connectivity index (χ0n) is 20.7. The van der Waals surface area contributed by atoms with Crippen molar-refractivity contribution in [2.24, 2.45) is 0 Å². The molecule has 4 rings (SSSR count). The van der Waals surface area contributed by atoms with Crippen LogP contribution in [0.15, 0.2) is 77.2 Å². The SMILES string of the molecule is CCN(Cc1cccc(OCCc2nc(-c3ccccc3Cl)oc2C)c1)C(=O)Oc1ccc(C)cc1. The fourth-order valence-electron chi connectivity index (χ4n) is 3.71. The summed E-state index contributed by atoms with van der Waals surface area (Å²) in [5.74, 6) is 2.50. The van der Waals surface area contributed by atoms with Crippen LogP contribution in [0.3, 0.4) is 0 Å². The second-order valence-electron chi connectivity index (χ2n) is 8.44. The summed E-state index contributed by atoms with van der Waals surface area (Å²) >= 11 is 6.27. The van der Waals surface area contributed by atoms with Crippen LogP contribution in [0.5, 0.6) is 11.5 Å². The highest BCUT2D eigenvalue weighted by atomic mass is 35.5. The van der Waals surface area contributed by atoms with Crippen molar-refractivity contribution in [1.82, 2.24) is 9.88 Å². The number of hydrogen-bond donors (Lipinski definition) is 0. The molecule has 0 atom stereocenters. The summed E-state index contributed by atoms with van der Waals surface area (Å²) in [4.78, 5) is 18.9. The Hall–Kier alpha value is -3.77. The summed E-state index contributed by atoms with van der Waals surface area (Å²) < 4.78 is 17.3. The van der Waals surface area contributed by atoms with Crippen LogP contribution < -0.4 is 9.47 Å². The largest absolute Gasteiger partial charge is 0.493 e. The van der Waals surface area contributed by atoms with Crippen LogP contribution in [0.25, 0.3) is 11.5 Å². The van der Waals surface area contributed by atoms with E-state index in [1.54, 1.807) is 17.0 Å². The Labute approximate surface area is 216 Å². The topological polar surface area (TPSA) is 64.8 Å². The van der Waals surface area contributed by atoms with Crippen LogP contribution >= 0.6 is 11.6 Å². The predicted molar refractivity (Wildman–Crippen MR) is 141 cm³/mol. The molecule has 3 aromatic carbocycles. The number of nitrogens with zero attached hydrogens (tertiary/aromatic N) is 2. The van der Waals surface area contributed by atoms with Gasteiger partial charge in [0.1, 0.15) is 17.3 Å². The van der Waals surface area contributed by atoms with Crippen molar-refractivity contribution in [3.8, 4) is 23.0 Å². The molecule has 0 bridgehead atoms. The quantitative estimate of drug-likeness (QED) is 0.240. The Morgan fingerprint density at radius 3 is 2.53 bits per heavy atom. The third kappa shape index (κ3) is 6.46. The van der Waals surface area contributed by atoms with Crippen molar-refractivity contribution < 1.29 is 18.7 Å². The number of carbonyl (C=O) groups excluding carboxylic acids is 1. The number of benzene rings is 3. The Morgan fingerprint density at radius 1 is 1.00 bits per heavy atom. The van der Waals surface area contributed by atoms with Crippen LogP contribution in [0.1, 0.15) is 29.5 Å². The molecule has 1 amide bonds. The van der Waals surface area contributed by atoms with E-state index in [1.165, 1.54) is 0 Å². The van der Waals surface area contributed by atoms with Crippen molar-refractivity contribution in [3.05, 3.63) is 100 Å². The fraction of sp³-hybridized carbons (Fsp3) is 0.241. The minimum Gasteiger partial charge on any atom is -0.493 e. The highest BCUT2D eigenvalue weighted by Gasteiger charge is 2.16. The molecule has 4 aromatic rings. The summed E-state index contributed by atoms with van der Waals surface area (Å²) in [6.07, 6.45) is 0.206. The number of halogens is 1. The van der Waals surface area contributed by atoms with Crippen LogP contribution in [0, 0.1) is 13.8 Å². The van der Waals surface area contributed by atoms with Gasteiger partial charge < -0.3 is 18.8 Å². The van der Waals surface area contributed by atoms with Crippen molar-refractivity contribution >= 4 is 17.7 Å². The van der Waals surface area contributed by atoms with E-state index in [2.05, 4.69) is 4.98 Å². The lowest BCUT2D eigenvalue weighted by atomic mass is 10.2. The van der Waals surface area contributed by atoms with Gasteiger partial charge in [0.15, 0.2) is 0 Å². The Bertz CT molecular complexity index is 1320. The lowest BCUT2D eigenvalue weighted by Gasteiger charge is -2.20. The molecule has 0 unspecified atom stereocenters. The molecule has 1 aromatic heterocycles. The number of hydrogen-bond acceptors (Lipinski definition) is 5. The molecule has 186 valence electrons. The van der Waals surface area contributed by atoms with Gasteiger partial charge in [0.05, 0.1) is 22.9 Å². The molecule has 0 aliphatic rings. The average molecular weight is 505 g/mol. The first-order chi connectivity index (χ1) is 17.4. The van der Waals surface area contributed by atoms with Gasteiger partial charge >= 0.3 is 6.09 Å². The van der Waals surface area contributed by atoms with Gasteiger partial charge in [-0.3, -0.25) is 0 Å². The molecule has 36 heavy (non-hydrogen) atoms. The second kappa shape index (κ2) is 11.8. The average Bonchev–Trinajstić information content (AvgIpc) is 3.24. The predicted octanol–water partition coefficient (Wildman–Crippen LogP) is 7.25. The maximum atomic E-state index is 12.7. The van der Waals surface area contributed by atoms with E-state index in [4.69, 9.17) is 25.5 Å². The molecular formula is C29H29ClN2O4. The first-order valence-corrected chi connectivity index (χ1v) is 12.3. The van der Waals surface area contributed by atoms with Crippen LogP contribution in [-0.2, 0) is 13.0 Å². The lowest BCUT2D eigenvalue weighted by Crippen LogP contribution is -2.32. The van der Waals surface area contributed by atoms with E-state index in [0.29, 0.717) is 42.8 Å². The van der Waals surface area contributed by atoms with E-state index in [-0.39, 0.29) is 6.09 Å². The third-order valence-electron chi connectivity index (χ3n) is 5.74. The second-order valence-corrected chi connectivity index (χ2v) is 8.85. The van der Waals surface area contributed by atoms with Crippen molar-refractivity contribution in [3.63, 3.8) is 0 Å². The summed E-state index contributed by atoms with van der Waals surface area (Å²) in [6.45, 7) is 7.18. The Balaban J connectivity index is 1.34. The number of ether oxygens (including phenoxy) is 2. The first kappa shape index (κ1) is 25.3. The maximum Gasteiger partial charge on any atom is 0.415 e. The standard InChI is InChI=1S/C29H29ClN2O4/c1-4-32(29(33)36-23-14-12-20(2)13-15-23)19-22-8-7-9-24(18-22)34-17-16-27-21(3)35-28(31-27)25-10-5-6-11-26(25)30/h5-15,18H,4,16-17,19H2,1-3H3. The lowest BCUT2D eigenvalue weighted by molar-refractivity contribution is 0.152. The van der Waals surface area contributed by atoms with Gasteiger partial charge in [-0.2, -0.15) is 0 Å². The molecule has 0 saturated carbocycles. The Kier molecular flexibility index (Phi) is 8.28. The van der Waals surface area contributed by atoms with Crippen molar-refractivity contribution in [2.45, 2.75) is 33.7 Å². The van der Waals surface area contributed by atoms with Crippen molar-refractivity contribution in [1.29, 1.82) is 0 Å². The van der Waals surface area contributed by atoms with Gasteiger partial charge in [-0.1, -0.05) is 53.6 Å². The summed E-state index contributed by atoms with van der Waals surface area (Å²) in [5, 5.41) is 0.599. The fourth-order valence-corrected chi connectivity index (χ4v) is 3.92. The molecule has 0 N–H and O–H groups in total. The number of carbonyl (C=O) groups is 1. The number of rotatable bonds is 9. The molecule has 0 saturated heterocycles. The molecular weight excluding hydrogens is 476 g/mol. The van der Waals surface area contributed by atoms with E-state index < -0.39 is 0 Å². The minimum absolute atomic E-state index is 0.386. The van der Waals surface area contributed by atoms with E-state index in [0.717, 1.165) is 33.9 Å². The number of aryl methyl sites for hydroxylation is 2. The summed E-state index contributed by atoms with van der Waals surface area (Å²) in [5.41, 5.74) is 3.66. The molecule has 6 nitrogen and oxygen atoms in total. The number of aromatic nitrogens is 1.